The van der Waals surface area contributed by atoms with Crippen molar-refractivity contribution < 1.29 is 14.6 Å². The molecule has 1 heterocycles. The van der Waals surface area contributed by atoms with Gasteiger partial charge in [-0.05, 0) is 37.5 Å². The van der Waals surface area contributed by atoms with Crippen molar-refractivity contribution in [1.82, 2.24) is 4.90 Å². The lowest BCUT2D eigenvalue weighted by Gasteiger charge is -2.37. The first-order chi connectivity index (χ1) is 12.0. The molecular weight excluding hydrogens is 314 g/mol. The molecule has 132 valence electrons. The van der Waals surface area contributed by atoms with Crippen molar-refractivity contribution in [2.24, 2.45) is 5.92 Å². The number of carbonyl (C=O) groups is 1. The highest BCUT2D eigenvalue weighted by Gasteiger charge is 2.43. The van der Waals surface area contributed by atoms with E-state index in [2.05, 4.69) is 0 Å². The second-order valence-corrected chi connectivity index (χ2v) is 6.75. The second kappa shape index (κ2) is 7.28. The number of carbonyl (C=O) groups excluding carboxylic acids is 1. The van der Waals surface area contributed by atoms with Crippen LogP contribution in [0.3, 0.4) is 0 Å². The van der Waals surface area contributed by atoms with Gasteiger partial charge in [0.1, 0.15) is 11.4 Å². The first kappa shape index (κ1) is 17.5. The lowest BCUT2D eigenvalue weighted by atomic mass is 9.86. The molecule has 2 atom stereocenters. The van der Waals surface area contributed by atoms with Crippen LogP contribution >= 0.6 is 0 Å². The minimum Gasteiger partial charge on any atom is -0.497 e. The van der Waals surface area contributed by atoms with E-state index < -0.39 is 5.60 Å². The van der Waals surface area contributed by atoms with Gasteiger partial charge < -0.3 is 14.7 Å². The molecule has 4 heteroatoms. The van der Waals surface area contributed by atoms with Gasteiger partial charge in [-0.2, -0.15) is 0 Å². The summed E-state index contributed by atoms with van der Waals surface area (Å²) in [4.78, 5) is 14.8. The molecule has 1 N–H and O–H groups in total. The molecule has 25 heavy (non-hydrogen) atoms. The highest BCUT2D eigenvalue weighted by atomic mass is 16.5. The number of hydrogen-bond acceptors (Lipinski definition) is 3. The molecular formula is C21H25NO3. The van der Waals surface area contributed by atoms with Crippen LogP contribution < -0.4 is 4.74 Å². The molecule has 1 aliphatic heterocycles. The van der Waals surface area contributed by atoms with Crippen LogP contribution in [0.25, 0.3) is 0 Å². The second-order valence-electron chi connectivity index (χ2n) is 6.75. The Morgan fingerprint density at radius 1 is 1.16 bits per heavy atom. The third kappa shape index (κ3) is 3.54. The Morgan fingerprint density at radius 3 is 2.40 bits per heavy atom. The Kier molecular flexibility index (Phi) is 5.09. The number of aliphatic hydroxyl groups is 1. The molecule has 3 rings (SSSR count). The van der Waals surface area contributed by atoms with Crippen molar-refractivity contribution in [2.45, 2.75) is 31.4 Å². The topological polar surface area (TPSA) is 49.8 Å². The number of benzene rings is 1. The third-order valence-corrected chi connectivity index (χ3v) is 5.11. The van der Waals surface area contributed by atoms with Gasteiger partial charge in [-0.25, -0.2) is 0 Å². The summed E-state index contributed by atoms with van der Waals surface area (Å²) in [6, 6.07) is 7.19. The number of amides is 1. The number of methoxy groups -OCH3 is 1. The molecule has 0 aromatic heterocycles. The van der Waals surface area contributed by atoms with Crippen LogP contribution in [0.15, 0.2) is 60.7 Å². The average molecular weight is 339 g/mol. The summed E-state index contributed by atoms with van der Waals surface area (Å²) < 4.78 is 5.19. The van der Waals surface area contributed by atoms with E-state index in [0.717, 1.165) is 24.2 Å². The molecule has 2 aliphatic rings. The van der Waals surface area contributed by atoms with E-state index in [9.17, 15) is 9.90 Å². The Balaban J connectivity index is 1.83. The molecule has 1 aromatic rings. The van der Waals surface area contributed by atoms with Crippen molar-refractivity contribution in [3.8, 4) is 5.75 Å². The SMILES string of the molecule is COc1ccc([C@](C)(O)[C@H]2CCCN2C(=O)C2C=CC=CC=C2)cc1. The number of rotatable bonds is 4. The van der Waals surface area contributed by atoms with E-state index in [1.165, 1.54) is 0 Å². The minimum absolute atomic E-state index is 0.0486. The van der Waals surface area contributed by atoms with Gasteiger partial charge >= 0.3 is 0 Å². The van der Waals surface area contributed by atoms with Gasteiger partial charge in [0.15, 0.2) is 0 Å². The number of ether oxygens (including phenoxy) is 1. The van der Waals surface area contributed by atoms with Crippen LogP contribution in [0.2, 0.25) is 0 Å². The Morgan fingerprint density at radius 2 is 1.80 bits per heavy atom. The van der Waals surface area contributed by atoms with Gasteiger partial charge in [0.25, 0.3) is 0 Å². The number of allylic oxidation sites excluding steroid dienone is 4. The molecule has 1 aliphatic carbocycles. The summed E-state index contributed by atoms with van der Waals surface area (Å²) in [6.45, 7) is 2.48. The van der Waals surface area contributed by atoms with Crippen LogP contribution in [0.1, 0.15) is 25.3 Å². The molecule has 0 unspecified atom stereocenters. The first-order valence-corrected chi connectivity index (χ1v) is 8.73. The molecule has 1 saturated heterocycles. The zero-order chi connectivity index (χ0) is 17.9. The maximum absolute atomic E-state index is 13.0. The fraction of sp³-hybridized carbons (Fsp3) is 0.381. The van der Waals surface area contributed by atoms with Crippen LogP contribution in [0.4, 0.5) is 0 Å². The third-order valence-electron chi connectivity index (χ3n) is 5.11. The number of nitrogens with zero attached hydrogens (tertiary/aromatic N) is 1. The summed E-state index contributed by atoms with van der Waals surface area (Å²) in [7, 11) is 1.62. The van der Waals surface area contributed by atoms with E-state index in [4.69, 9.17) is 4.74 Å². The quantitative estimate of drug-likeness (QED) is 0.916. The highest BCUT2D eigenvalue weighted by Crippen LogP contribution is 2.36. The van der Waals surface area contributed by atoms with Crippen molar-refractivity contribution in [2.75, 3.05) is 13.7 Å². The van der Waals surface area contributed by atoms with E-state index in [1.54, 1.807) is 14.0 Å². The van der Waals surface area contributed by atoms with E-state index in [-0.39, 0.29) is 17.9 Å². The van der Waals surface area contributed by atoms with Gasteiger partial charge in [0.2, 0.25) is 5.91 Å². The Hall–Kier alpha value is -2.33. The van der Waals surface area contributed by atoms with E-state index >= 15 is 0 Å². The monoisotopic (exact) mass is 339 g/mol. The predicted molar refractivity (Wildman–Crippen MR) is 98.2 cm³/mol. The van der Waals surface area contributed by atoms with Gasteiger partial charge in [0, 0.05) is 6.54 Å². The maximum Gasteiger partial charge on any atom is 0.233 e. The summed E-state index contributed by atoms with van der Waals surface area (Å²) >= 11 is 0. The van der Waals surface area contributed by atoms with Crippen molar-refractivity contribution >= 4 is 5.91 Å². The standard InChI is InChI=1S/C21H25NO3/c1-21(24,17-11-13-18(25-2)14-12-17)19-10-7-15-22(19)20(23)16-8-5-3-4-6-9-16/h3-6,8-9,11-14,16,19,24H,7,10,15H2,1-2H3/t19-,21+/m1/s1. The molecule has 1 aromatic carbocycles. The lowest BCUT2D eigenvalue weighted by Crippen LogP contribution is -2.49. The number of hydrogen-bond donors (Lipinski definition) is 1. The molecule has 0 spiro atoms. The first-order valence-electron chi connectivity index (χ1n) is 8.73. The molecule has 4 nitrogen and oxygen atoms in total. The van der Waals surface area contributed by atoms with E-state index in [0.29, 0.717) is 6.54 Å². The maximum atomic E-state index is 13.0. The molecule has 1 fully saturated rings. The normalized spacial score (nSPS) is 22.7. The van der Waals surface area contributed by atoms with Crippen molar-refractivity contribution in [1.29, 1.82) is 0 Å². The molecule has 0 radical (unpaired) electrons. The molecule has 0 bridgehead atoms. The van der Waals surface area contributed by atoms with Gasteiger partial charge in [-0.1, -0.05) is 48.6 Å². The van der Waals surface area contributed by atoms with Crippen LogP contribution in [0.5, 0.6) is 5.75 Å². The Labute approximate surface area is 149 Å². The van der Waals surface area contributed by atoms with Gasteiger partial charge in [0.05, 0.1) is 19.1 Å². The van der Waals surface area contributed by atoms with Crippen LogP contribution in [0, 0.1) is 5.92 Å². The fourth-order valence-corrected chi connectivity index (χ4v) is 3.65. The van der Waals surface area contributed by atoms with Crippen LogP contribution in [-0.4, -0.2) is 35.6 Å². The smallest absolute Gasteiger partial charge is 0.233 e. The average Bonchev–Trinajstić information content (AvgIpc) is 2.98. The number of likely N-dealkylation sites (tertiary alicyclic amines) is 1. The highest BCUT2D eigenvalue weighted by molar-refractivity contribution is 5.83. The lowest BCUT2D eigenvalue weighted by molar-refractivity contribution is -0.139. The Bertz CT molecular complexity index is 684. The van der Waals surface area contributed by atoms with Crippen LogP contribution in [-0.2, 0) is 10.4 Å². The fourth-order valence-electron chi connectivity index (χ4n) is 3.65. The van der Waals surface area contributed by atoms with E-state index in [1.807, 2.05) is 65.6 Å². The largest absolute Gasteiger partial charge is 0.497 e. The molecule has 0 saturated carbocycles. The summed E-state index contributed by atoms with van der Waals surface area (Å²) in [5, 5.41) is 11.2. The predicted octanol–water partition coefficient (Wildman–Crippen LogP) is 3.19. The summed E-state index contributed by atoms with van der Waals surface area (Å²) in [5.74, 6) is 0.523. The van der Waals surface area contributed by atoms with Crippen molar-refractivity contribution in [3.05, 3.63) is 66.3 Å². The minimum atomic E-state index is -1.10. The summed E-state index contributed by atoms with van der Waals surface area (Å²) in [5.41, 5.74) is -0.305. The summed E-state index contributed by atoms with van der Waals surface area (Å²) in [6.07, 6.45) is 13.1. The molecule has 1 amide bonds. The van der Waals surface area contributed by atoms with Gasteiger partial charge in [-0.15, -0.1) is 0 Å². The van der Waals surface area contributed by atoms with Gasteiger partial charge in [-0.3, -0.25) is 4.79 Å². The zero-order valence-corrected chi connectivity index (χ0v) is 14.8. The zero-order valence-electron chi connectivity index (χ0n) is 14.8. The van der Waals surface area contributed by atoms with Crippen molar-refractivity contribution in [3.63, 3.8) is 0 Å².